The molecule has 0 aliphatic heterocycles. The van der Waals surface area contributed by atoms with Crippen LogP contribution in [-0.4, -0.2) is 55.1 Å². The minimum Gasteiger partial charge on any atom is -0.482 e. The van der Waals surface area contributed by atoms with Gasteiger partial charge in [-0.25, -0.2) is 13.2 Å². The topological polar surface area (TPSA) is 93.1 Å². The normalized spacial score (nSPS) is 13.0. The highest BCUT2D eigenvalue weighted by molar-refractivity contribution is 8.00. The number of sulfonamides is 1. The third kappa shape index (κ3) is 8.41. The van der Waals surface area contributed by atoms with Crippen molar-refractivity contribution in [2.45, 2.75) is 48.6 Å². The molecule has 2 rings (SSSR count). The van der Waals surface area contributed by atoms with Crippen molar-refractivity contribution in [3.63, 3.8) is 0 Å². The van der Waals surface area contributed by atoms with E-state index in [0.717, 1.165) is 34.7 Å². The highest BCUT2D eigenvalue weighted by Gasteiger charge is 2.31. The van der Waals surface area contributed by atoms with Crippen molar-refractivity contribution in [3.05, 3.63) is 48.0 Å². The number of rotatable bonds is 12. The Morgan fingerprint density at radius 1 is 1.18 bits per heavy atom. The lowest BCUT2D eigenvalue weighted by Gasteiger charge is -2.25. The Hall–Kier alpha value is -2.44. The van der Waals surface area contributed by atoms with Crippen LogP contribution in [0.15, 0.2) is 52.3 Å². The van der Waals surface area contributed by atoms with Gasteiger partial charge in [-0.3, -0.25) is 0 Å². The minimum absolute atomic E-state index is 0.122. The summed E-state index contributed by atoms with van der Waals surface area (Å²) in [4.78, 5) is 11.4. The van der Waals surface area contributed by atoms with Crippen molar-refractivity contribution >= 4 is 27.8 Å². The molecule has 0 saturated carbocycles. The predicted octanol–water partition coefficient (Wildman–Crippen LogP) is 4.94. The molecule has 0 amide bonds. The van der Waals surface area contributed by atoms with E-state index in [1.807, 2.05) is 19.9 Å². The smallest absolute Gasteiger partial charge is 0.482 e. The SMILES string of the molecule is CCCN(CC(C)Sc1ccc(OCC(=O)O)c(C)c1)S(=O)(=O)c1ccc(OC(F)(F)F)cc1. The Morgan fingerprint density at radius 3 is 2.35 bits per heavy atom. The third-order valence-electron chi connectivity index (χ3n) is 4.46. The van der Waals surface area contributed by atoms with Gasteiger partial charge in [-0.1, -0.05) is 13.8 Å². The number of hydrogen-bond donors (Lipinski definition) is 1. The lowest BCUT2D eigenvalue weighted by Crippen LogP contribution is -2.36. The van der Waals surface area contributed by atoms with E-state index in [1.54, 1.807) is 19.1 Å². The van der Waals surface area contributed by atoms with Gasteiger partial charge in [0.15, 0.2) is 6.61 Å². The second-order valence-electron chi connectivity index (χ2n) is 7.42. The van der Waals surface area contributed by atoms with Crippen LogP contribution < -0.4 is 9.47 Å². The number of carboxylic acid groups (broad SMARTS) is 1. The average Bonchev–Trinajstić information content (AvgIpc) is 2.72. The molecule has 0 aliphatic carbocycles. The van der Waals surface area contributed by atoms with Crippen LogP contribution in [0.4, 0.5) is 13.2 Å². The standard InChI is InChI=1S/C22H26F3NO6S2/c1-4-11-26(34(29,30)19-8-5-17(6-9-19)32-22(23,24)25)13-16(3)33-18-7-10-20(15(2)12-18)31-14-21(27)28/h5-10,12,16H,4,11,13-14H2,1-3H3,(H,27,28). The van der Waals surface area contributed by atoms with E-state index in [4.69, 9.17) is 9.84 Å². The first kappa shape index (κ1) is 27.8. The molecule has 12 heteroatoms. The second kappa shape index (κ2) is 11.8. The van der Waals surface area contributed by atoms with Crippen LogP contribution in [0, 0.1) is 6.92 Å². The van der Waals surface area contributed by atoms with Gasteiger partial charge in [-0.05, 0) is 61.4 Å². The molecule has 0 spiro atoms. The summed E-state index contributed by atoms with van der Waals surface area (Å²) in [6, 6.07) is 9.39. The number of ether oxygens (including phenoxy) is 2. The molecule has 0 fully saturated rings. The lowest BCUT2D eigenvalue weighted by atomic mass is 10.2. The highest BCUT2D eigenvalue weighted by Crippen LogP contribution is 2.30. The lowest BCUT2D eigenvalue weighted by molar-refractivity contribution is -0.274. The Kier molecular flexibility index (Phi) is 9.65. The molecule has 1 unspecified atom stereocenters. The van der Waals surface area contributed by atoms with Gasteiger partial charge in [0.05, 0.1) is 4.90 Å². The van der Waals surface area contributed by atoms with E-state index in [-0.39, 0.29) is 23.2 Å². The van der Waals surface area contributed by atoms with Gasteiger partial charge in [0.2, 0.25) is 10.0 Å². The van der Waals surface area contributed by atoms with Crippen LogP contribution >= 0.6 is 11.8 Å². The van der Waals surface area contributed by atoms with Crippen LogP contribution in [-0.2, 0) is 14.8 Å². The Labute approximate surface area is 200 Å². The highest BCUT2D eigenvalue weighted by atomic mass is 32.2. The summed E-state index contributed by atoms with van der Waals surface area (Å²) < 4.78 is 73.7. The fourth-order valence-electron chi connectivity index (χ4n) is 3.07. The molecular formula is C22H26F3NO6S2. The quantitative estimate of drug-likeness (QED) is 0.396. The number of alkyl halides is 3. The molecule has 0 heterocycles. The summed E-state index contributed by atoms with van der Waals surface area (Å²) in [5, 5.41) is 8.59. The van der Waals surface area contributed by atoms with E-state index in [2.05, 4.69) is 4.74 Å². The summed E-state index contributed by atoms with van der Waals surface area (Å²) in [6.07, 6.45) is -4.30. The van der Waals surface area contributed by atoms with Gasteiger partial charge in [-0.2, -0.15) is 4.31 Å². The first-order valence-electron chi connectivity index (χ1n) is 10.3. The molecule has 7 nitrogen and oxygen atoms in total. The van der Waals surface area contributed by atoms with Crippen LogP contribution in [0.3, 0.4) is 0 Å². The molecule has 0 saturated heterocycles. The molecule has 188 valence electrons. The molecule has 2 aromatic carbocycles. The summed E-state index contributed by atoms with van der Waals surface area (Å²) in [6.45, 7) is 5.46. The Bertz CT molecular complexity index is 1080. The van der Waals surface area contributed by atoms with E-state index >= 15 is 0 Å². The van der Waals surface area contributed by atoms with Gasteiger partial charge in [0, 0.05) is 23.2 Å². The zero-order valence-corrected chi connectivity index (χ0v) is 20.5. The summed E-state index contributed by atoms with van der Waals surface area (Å²) >= 11 is 1.44. The Morgan fingerprint density at radius 2 is 1.82 bits per heavy atom. The fourth-order valence-corrected chi connectivity index (χ4v) is 5.90. The van der Waals surface area contributed by atoms with Crippen molar-refractivity contribution in [1.82, 2.24) is 4.31 Å². The molecule has 0 aliphatic rings. The van der Waals surface area contributed by atoms with Crippen molar-refractivity contribution in [3.8, 4) is 11.5 Å². The van der Waals surface area contributed by atoms with Gasteiger partial charge in [-0.15, -0.1) is 24.9 Å². The van der Waals surface area contributed by atoms with Crippen molar-refractivity contribution in [2.75, 3.05) is 19.7 Å². The number of carboxylic acids is 1. The van der Waals surface area contributed by atoms with E-state index in [1.165, 1.54) is 16.1 Å². The maximum atomic E-state index is 13.1. The van der Waals surface area contributed by atoms with Crippen LogP contribution in [0.5, 0.6) is 11.5 Å². The molecule has 0 bridgehead atoms. The van der Waals surface area contributed by atoms with Crippen LogP contribution in [0.2, 0.25) is 0 Å². The molecule has 34 heavy (non-hydrogen) atoms. The number of benzene rings is 2. The van der Waals surface area contributed by atoms with Crippen molar-refractivity contribution < 1.29 is 41.0 Å². The van der Waals surface area contributed by atoms with Crippen molar-refractivity contribution in [2.24, 2.45) is 0 Å². The summed E-state index contributed by atoms with van der Waals surface area (Å²) in [5.41, 5.74) is 0.748. The first-order chi connectivity index (χ1) is 15.8. The third-order valence-corrected chi connectivity index (χ3v) is 7.42. The van der Waals surface area contributed by atoms with E-state index < -0.39 is 34.7 Å². The maximum Gasteiger partial charge on any atom is 0.573 e. The molecule has 0 radical (unpaired) electrons. The van der Waals surface area contributed by atoms with Crippen LogP contribution in [0.25, 0.3) is 0 Å². The number of thioether (sulfide) groups is 1. The second-order valence-corrected chi connectivity index (χ2v) is 10.9. The zero-order chi connectivity index (χ0) is 25.5. The number of nitrogens with zero attached hydrogens (tertiary/aromatic N) is 1. The molecule has 1 N–H and O–H groups in total. The Balaban J connectivity index is 2.11. The predicted molar refractivity (Wildman–Crippen MR) is 122 cm³/mol. The molecular weight excluding hydrogens is 495 g/mol. The monoisotopic (exact) mass is 521 g/mol. The number of halogens is 3. The average molecular weight is 522 g/mol. The largest absolute Gasteiger partial charge is 0.573 e. The molecule has 1 atom stereocenters. The zero-order valence-electron chi connectivity index (χ0n) is 18.8. The van der Waals surface area contributed by atoms with Crippen LogP contribution in [0.1, 0.15) is 25.8 Å². The van der Waals surface area contributed by atoms with E-state index in [9.17, 15) is 26.4 Å². The fraction of sp³-hybridized carbons (Fsp3) is 0.409. The molecule has 0 aromatic heterocycles. The summed E-state index contributed by atoms with van der Waals surface area (Å²) in [7, 11) is -3.93. The number of hydrogen-bond acceptors (Lipinski definition) is 6. The number of aryl methyl sites for hydroxylation is 1. The minimum atomic E-state index is -4.86. The van der Waals surface area contributed by atoms with Gasteiger partial charge < -0.3 is 14.6 Å². The number of carbonyl (C=O) groups is 1. The van der Waals surface area contributed by atoms with Gasteiger partial charge in [0.25, 0.3) is 0 Å². The maximum absolute atomic E-state index is 13.1. The first-order valence-corrected chi connectivity index (χ1v) is 12.6. The summed E-state index contributed by atoms with van der Waals surface area (Å²) in [5.74, 6) is -1.12. The van der Waals surface area contributed by atoms with E-state index in [0.29, 0.717) is 12.2 Å². The molecule has 2 aromatic rings. The van der Waals surface area contributed by atoms with Gasteiger partial charge >= 0.3 is 12.3 Å². The van der Waals surface area contributed by atoms with Crippen molar-refractivity contribution in [1.29, 1.82) is 0 Å². The van der Waals surface area contributed by atoms with Gasteiger partial charge in [0.1, 0.15) is 11.5 Å². The number of aliphatic carboxylic acids is 1.